The highest BCUT2D eigenvalue weighted by atomic mass is 35.5. The molecule has 1 aromatic carbocycles. The summed E-state index contributed by atoms with van der Waals surface area (Å²) in [6.07, 6.45) is 2.91. The number of hydrogen-bond donors (Lipinski definition) is 1. The number of hydrogen-bond acceptors (Lipinski definition) is 4. The van der Waals surface area contributed by atoms with E-state index in [0.717, 1.165) is 12.0 Å². The van der Waals surface area contributed by atoms with Crippen LogP contribution >= 0.6 is 23.2 Å². The number of amides is 1. The largest absolute Gasteiger partial charge is 0.481 e. The fraction of sp³-hybridized carbons (Fsp3) is 0.400. The highest BCUT2D eigenvalue weighted by Crippen LogP contribution is 2.65. The van der Waals surface area contributed by atoms with E-state index >= 15 is 0 Å². The van der Waals surface area contributed by atoms with Crippen LogP contribution in [0.25, 0.3) is 0 Å². The number of halogens is 2. The Balaban J connectivity index is 1.45. The lowest BCUT2D eigenvalue weighted by Gasteiger charge is -2.27. The maximum Gasteiger partial charge on any atom is 0.230 e. The minimum Gasteiger partial charge on any atom is -0.481 e. The van der Waals surface area contributed by atoms with E-state index in [1.165, 1.54) is 0 Å². The normalized spacial score (nSPS) is 32.9. The third-order valence-electron chi connectivity index (χ3n) is 5.99. The first-order chi connectivity index (χ1) is 13.1. The summed E-state index contributed by atoms with van der Waals surface area (Å²) >= 11 is 12.0. The van der Waals surface area contributed by atoms with Gasteiger partial charge >= 0.3 is 0 Å². The van der Waals surface area contributed by atoms with Crippen LogP contribution in [0.4, 0.5) is 5.69 Å². The van der Waals surface area contributed by atoms with Gasteiger partial charge in [0, 0.05) is 23.9 Å². The molecule has 6 unspecified atom stereocenters. The van der Waals surface area contributed by atoms with Gasteiger partial charge in [0.25, 0.3) is 0 Å². The first-order valence-corrected chi connectivity index (χ1v) is 9.73. The quantitative estimate of drug-likeness (QED) is 0.830. The number of nitrogens with one attached hydrogen (secondary N) is 1. The highest BCUT2D eigenvalue weighted by molar-refractivity contribution is 6.42. The summed E-state index contributed by atoms with van der Waals surface area (Å²) in [6, 6.07) is 8.96. The Kier molecular flexibility index (Phi) is 4.08. The Hall–Kier alpha value is -1.82. The van der Waals surface area contributed by atoms with Crippen molar-refractivity contribution in [3.63, 3.8) is 0 Å². The van der Waals surface area contributed by atoms with Crippen molar-refractivity contribution in [2.75, 3.05) is 12.4 Å². The Morgan fingerprint density at radius 1 is 1.19 bits per heavy atom. The monoisotopic (exact) mass is 404 g/mol. The van der Waals surface area contributed by atoms with Crippen LogP contribution in [0.15, 0.2) is 36.5 Å². The Morgan fingerprint density at radius 2 is 2.00 bits per heavy atom. The number of carbonyl (C=O) groups excluding carboxylic acids is 1. The first kappa shape index (κ1) is 17.3. The maximum absolute atomic E-state index is 13.2. The predicted octanol–water partition coefficient (Wildman–Crippen LogP) is 4.15. The van der Waals surface area contributed by atoms with Gasteiger partial charge in [0.2, 0.25) is 11.8 Å². The molecule has 1 amide bonds. The van der Waals surface area contributed by atoms with Crippen LogP contribution in [0, 0.1) is 17.8 Å². The zero-order valence-electron chi connectivity index (χ0n) is 14.6. The van der Waals surface area contributed by atoms with E-state index in [1.54, 1.807) is 31.5 Å². The van der Waals surface area contributed by atoms with Crippen molar-refractivity contribution in [3.05, 3.63) is 52.1 Å². The molecule has 7 heteroatoms. The highest BCUT2D eigenvalue weighted by Gasteiger charge is 2.68. The lowest BCUT2D eigenvalue weighted by Crippen LogP contribution is -2.37. The molecule has 5 nitrogen and oxygen atoms in total. The number of benzene rings is 1. The molecule has 2 aromatic rings. The number of nitrogens with zero attached hydrogens (tertiary/aromatic N) is 1. The summed E-state index contributed by atoms with van der Waals surface area (Å²) in [4.78, 5) is 17.4. The Bertz CT molecular complexity index is 922. The van der Waals surface area contributed by atoms with Crippen LogP contribution in [0.5, 0.6) is 5.88 Å². The Morgan fingerprint density at radius 3 is 2.78 bits per heavy atom. The predicted molar refractivity (Wildman–Crippen MR) is 102 cm³/mol. The third-order valence-corrected chi connectivity index (χ3v) is 6.73. The Labute approximate surface area is 167 Å². The van der Waals surface area contributed by atoms with Crippen molar-refractivity contribution < 1.29 is 14.3 Å². The molecular formula is C20H18Cl2N2O3. The zero-order chi connectivity index (χ0) is 18.7. The molecule has 0 spiro atoms. The average Bonchev–Trinajstić information content (AvgIpc) is 3.29. The van der Waals surface area contributed by atoms with E-state index < -0.39 is 0 Å². The van der Waals surface area contributed by atoms with Gasteiger partial charge in [-0.1, -0.05) is 23.2 Å². The van der Waals surface area contributed by atoms with Crippen molar-refractivity contribution in [2.45, 2.75) is 24.5 Å². The minimum absolute atomic E-state index is 0.00146. The number of carbonyl (C=O) groups is 1. The van der Waals surface area contributed by atoms with Crippen LogP contribution in [0.1, 0.15) is 17.9 Å². The molecule has 2 aliphatic heterocycles. The smallest absolute Gasteiger partial charge is 0.230 e. The second-order valence-electron chi connectivity index (χ2n) is 7.43. The number of ether oxygens (including phenoxy) is 2. The summed E-state index contributed by atoms with van der Waals surface area (Å²) in [7, 11) is 1.59. The molecule has 1 aliphatic carbocycles. The topological polar surface area (TPSA) is 60.5 Å². The van der Waals surface area contributed by atoms with Crippen molar-refractivity contribution >= 4 is 34.8 Å². The van der Waals surface area contributed by atoms with E-state index in [9.17, 15) is 4.79 Å². The number of methoxy groups -OCH3 is 1. The van der Waals surface area contributed by atoms with Gasteiger partial charge in [0.05, 0.1) is 35.3 Å². The lowest BCUT2D eigenvalue weighted by molar-refractivity contribution is -0.122. The van der Waals surface area contributed by atoms with Crippen LogP contribution in [-0.4, -0.2) is 30.2 Å². The zero-order valence-corrected chi connectivity index (χ0v) is 16.1. The lowest BCUT2D eigenvalue weighted by atomic mass is 9.75. The summed E-state index contributed by atoms with van der Waals surface area (Å²) in [5, 5.41) is 3.87. The molecule has 5 rings (SSSR count). The van der Waals surface area contributed by atoms with Crippen LogP contribution in [0.3, 0.4) is 0 Å². The summed E-state index contributed by atoms with van der Waals surface area (Å²) in [6.45, 7) is 0. The van der Waals surface area contributed by atoms with Crippen molar-refractivity contribution in [3.8, 4) is 5.88 Å². The molecule has 1 aromatic heterocycles. The molecule has 3 aliphatic rings. The van der Waals surface area contributed by atoms with Gasteiger partial charge in [-0.3, -0.25) is 4.79 Å². The molecule has 27 heavy (non-hydrogen) atoms. The molecule has 6 atom stereocenters. The van der Waals surface area contributed by atoms with E-state index in [2.05, 4.69) is 10.3 Å². The number of aromatic nitrogens is 1. The standard InChI is InChI=1S/C20H18Cl2N2O3/c1-26-15-6-9(4-5-23-15)16-17(19-12-8-11(12)18(16)27-19)20(25)24-10-2-3-13(21)14(22)7-10/h2-7,11-12,16-19H,8H2,1H3,(H,24,25). The molecule has 1 N–H and O–H groups in total. The van der Waals surface area contributed by atoms with E-state index in [4.69, 9.17) is 32.7 Å². The van der Waals surface area contributed by atoms with Gasteiger partial charge in [-0.15, -0.1) is 0 Å². The molecule has 140 valence electrons. The summed E-state index contributed by atoms with van der Waals surface area (Å²) in [5.41, 5.74) is 1.67. The van der Waals surface area contributed by atoms with Crippen molar-refractivity contribution in [1.82, 2.24) is 4.98 Å². The number of anilines is 1. The number of pyridine rings is 1. The van der Waals surface area contributed by atoms with Gasteiger partial charge in [0.1, 0.15) is 0 Å². The molecule has 3 heterocycles. The molecule has 2 saturated heterocycles. The fourth-order valence-electron chi connectivity index (χ4n) is 4.74. The van der Waals surface area contributed by atoms with Gasteiger partial charge in [-0.25, -0.2) is 4.98 Å². The van der Waals surface area contributed by atoms with Gasteiger partial charge in [0.15, 0.2) is 0 Å². The second kappa shape index (κ2) is 6.36. The molecule has 1 saturated carbocycles. The molecule has 0 radical (unpaired) electrons. The van der Waals surface area contributed by atoms with Crippen molar-refractivity contribution in [2.24, 2.45) is 17.8 Å². The molecule has 3 fully saturated rings. The van der Waals surface area contributed by atoms with E-state index in [0.29, 0.717) is 33.4 Å². The first-order valence-electron chi connectivity index (χ1n) is 8.98. The van der Waals surface area contributed by atoms with E-state index in [-0.39, 0.29) is 30.0 Å². The van der Waals surface area contributed by atoms with Gasteiger partial charge in [-0.05, 0) is 48.1 Å². The average molecular weight is 405 g/mol. The maximum atomic E-state index is 13.2. The fourth-order valence-corrected chi connectivity index (χ4v) is 5.04. The van der Waals surface area contributed by atoms with Crippen LogP contribution < -0.4 is 10.1 Å². The summed E-state index contributed by atoms with van der Waals surface area (Å²) in [5.74, 6) is 1.31. The van der Waals surface area contributed by atoms with E-state index in [1.807, 2.05) is 12.1 Å². The molecule has 2 bridgehead atoms. The van der Waals surface area contributed by atoms with Crippen LogP contribution in [0.2, 0.25) is 10.0 Å². The van der Waals surface area contributed by atoms with Crippen LogP contribution in [-0.2, 0) is 9.53 Å². The number of fused-ring (bicyclic) bond motifs is 5. The minimum atomic E-state index is -0.250. The second-order valence-corrected chi connectivity index (χ2v) is 8.24. The van der Waals surface area contributed by atoms with Gasteiger partial charge < -0.3 is 14.8 Å². The SMILES string of the molecule is COc1cc(C2C3OC(C4CC43)C2C(=O)Nc2ccc(Cl)c(Cl)c2)ccn1. The van der Waals surface area contributed by atoms with Gasteiger partial charge in [-0.2, -0.15) is 0 Å². The van der Waals surface area contributed by atoms with Crippen molar-refractivity contribution in [1.29, 1.82) is 0 Å². The third kappa shape index (κ3) is 2.80. The number of rotatable bonds is 4. The molecular weight excluding hydrogens is 387 g/mol. The summed E-state index contributed by atoms with van der Waals surface area (Å²) < 4.78 is 11.5.